The molecule has 1 atom stereocenters. The van der Waals surface area contributed by atoms with Crippen molar-refractivity contribution >= 4 is 41.9 Å². The second-order valence-corrected chi connectivity index (χ2v) is 10.1. The zero-order valence-corrected chi connectivity index (χ0v) is 19.4. The van der Waals surface area contributed by atoms with Crippen LogP contribution in [0.4, 0.5) is 0 Å². The number of hydrogen-bond donors (Lipinski definition) is 0. The lowest BCUT2D eigenvalue weighted by Gasteiger charge is -2.35. The fourth-order valence-electron chi connectivity index (χ4n) is 3.69. The van der Waals surface area contributed by atoms with E-state index in [1.807, 2.05) is 32.6 Å². The number of aromatic nitrogens is 2. The van der Waals surface area contributed by atoms with Gasteiger partial charge in [0.2, 0.25) is 5.91 Å². The molecule has 3 rings (SSSR count). The summed E-state index contributed by atoms with van der Waals surface area (Å²) >= 11 is 7.40. The summed E-state index contributed by atoms with van der Waals surface area (Å²) in [5.74, 6) is 1.06. The number of alkyl halides is 1. The Morgan fingerprint density at radius 1 is 1.24 bits per heavy atom. The standard InChI is InChI=1S/C20H31BClN3O3S/c1-19(2)20(3,4)28-21(27-19)15-13-23-18(24-14-15)29-11-7-9-16-8-5-6-10-25(16)17(26)12-22/h13-14,16H,5-12H2,1-4H3/t16-/m0/s1. The van der Waals surface area contributed by atoms with E-state index in [0.29, 0.717) is 6.04 Å². The number of likely N-dealkylation sites (tertiary alicyclic amines) is 1. The third-order valence-electron chi connectivity index (χ3n) is 6.15. The summed E-state index contributed by atoms with van der Waals surface area (Å²) in [6, 6.07) is 0.322. The highest BCUT2D eigenvalue weighted by Crippen LogP contribution is 2.36. The normalized spacial score (nSPS) is 23.4. The summed E-state index contributed by atoms with van der Waals surface area (Å²) in [6.45, 7) is 8.98. The average Bonchev–Trinajstić information content (AvgIpc) is 2.92. The Kier molecular flexibility index (Phi) is 7.52. The SMILES string of the molecule is CC1(C)OB(c2cnc(SCCC[C@@H]3CCCCN3C(=O)CCl)nc2)OC1(C)C. The molecular weight excluding hydrogens is 409 g/mol. The lowest BCUT2D eigenvalue weighted by molar-refractivity contribution is -0.132. The molecule has 1 aromatic heterocycles. The van der Waals surface area contributed by atoms with E-state index in [4.69, 9.17) is 20.9 Å². The molecule has 0 N–H and O–H groups in total. The van der Waals surface area contributed by atoms with Gasteiger partial charge in [-0.2, -0.15) is 0 Å². The summed E-state index contributed by atoms with van der Waals surface area (Å²) in [5.41, 5.74) is 0.0942. The molecule has 160 valence electrons. The van der Waals surface area contributed by atoms with E-state index in [1.54, 1.807) is 24.2 Å². The second-order valence-electron chi connectivity index (χ2n) is 8.75. The van der Waals surface area contributed by atoms with Gasteiger partial charge in [0.05, 0.1) is 11.2 Å². The molecule has 9 heteroatoms. The molecular formula is C20H31BClN3O3S. The van der Waals surface area contributed by atoms with Gasteiger partial charge in [-0.05, 0) is 59.8 Å². The third-order valence-corrected chi connectivity index (χ3v) is 7.34. The highest BCUT2D eigenvalue weighted by Gasteiger charge is 2.51. The number of carbonyl (C=O) groups excluding carboxylic acids is 1. The molecule has 2 fully saturated rings. The number of hydrogen-bond acceptors (Lipinski definition) is 6. The maximum absolute atomic E-state index is 12.0. The van der Waals surface area contributed by atoms with Gasteiger partial charge in [-0.25, -0.2) is 9.97 Å². The molecule has 0 aromatic carbocycles. The van der Waals surface area contributed by atoms with Crippen LogP contribution < -0.4 is 5.46 Å². The summed E-state index contributed by atoms with van der Waals surface area (Å²) in [5, 5.41) is 0.752. The van der Waals surface area contributed by atoms with Gasteiger partial charge in [0.15, 0.2) is 5.16 Å². The molecule has 2 aliphatic rings. The van der Waals surface area contributed by atoms with E-state index in [0.717, 1.165) is 48.6 Å². The molecule has 1 aromatic rings. The maximum Gasteiger partial charge on any atom is 0.498 e. The van der Waals surface area contributed by atoms with Crippen molar-refractivity contribution in [2.45, 2.75) is 82.2 Å². The van der Waals surface area contributed by atoms with Crippen molar-refractivity contribution in [1.29, 1.82) is 0 Å². The maximum atomic E-state index is 12.0. The van der Waals surface area contributed by atoms with Crippen molar-refractivity contribution in [2.75, 3.05) is 18.2 Å². The van der Waals surface area contributed by atoms with Gasteiger partial charge in [0.25, 0.3) is 0 Å². The molecule has 2 aliphatic heterocycles. The Morgan fingerprint density at radius 3 is 2.52 bits per heavy atom. The number of piperidine rings is 1. The van der Waals surface area contributed by atoms with Gasteiger partial charge >= 0.3 is 7.12 Å². The molecule has 1 amide bonds. The minimum atomic E-state index is -0.434. The predicted octanol–water partition coefficient (Wildman–Crippen LogP) is 3.27. The van der Waals surface area contributed by atoms with Crippen molar-refractivity contribution in [3.8, 4) is 0 Å². The Morgan fingerprint density at radius 2 is 1.90 bits per heavy atom. The van der Waals surface area contributed by atoms with Crippen LogP contribution in [0.25, 0.3) is 0 Å². The number of halogens is 1. The largest absolute Gasteiger partial charge is 0.498 e. The highest BCUT2D eigenvalue weighted by molar-refractivity contribution is 7.99. The van der Waals surface area contributed by atoms with Crippen molar-refractivity contribution in [3.63, 3.8) is 0 Å². The number of amides is 1. The summed E-state index contributed by atoms with van der Waals surface area (Å²) < 4.78 is 12.1. The first-order valence-electron chi connectivity index (χ1n) is 10.4. The Bertz CT molecular complexity index is 689. The molecule has 29 heavy (non-hydrogen) atoms. The van der Waals surface area contributed by atoms with Crippen molar-refractivity contribution in [3.05, 3.63) is 12.4 Å². The zero-order valence-electron chi connectivity index (χ0n) is 17.8. The van der Waals surface area contributed by atoms with E-state index in [-0.39, 0.29) is 23.0 Å². The van der Waals surface area contributed by atoms with Crippen molar-refractivity contribution < 1.29 is 14.1 Å². The van der Waals surface area contributed by atoms with Gasteiger partial charge in [-0.15, -0.1) is 11.6 Å². The first-order chi connectivity index (χ1) is 13.7. The summed E-state index contributed by atoms with van der Waals surface area (Å²) in [6.07, 6.45) is 8.95. The second kappa shape index (κ2) is 9.54. The van der Waals surface area contributed by atoms with E-state index >= 15 is 0 Å². The van der Waals surface area contributed by atoms with Crippen LogP contribution in [0.1, 0.15) is 59.8 Å². The lowest BCUT2D eigenvalue weighted by atomic mass is 9.81. The molecule has 0 spiro atoms. The molecule has 0 unspecified atom stereocenters. The molecule has 0 saturated carbocycles. The zero-order chi connectivity index (χ0) is 21.1. The van der Waals surface area contributed by atoms with Crippen LogP contribution in [0.15, 0.2) is 17.6 Å². The van der Waals surface area contributed by atoms with Crippen LogP contribution in [0.3, 0.4) is 0 Å². The molecule has 3 heterocycles. The van der Waals surface area contributed by atoms with Gasteiger partial charge in [0.1, 0.15) is 5.88 Å². The minimum absolute atomic E-state index is 0.0608. The number of thioether (sulfide) groups is 1. The van der Waals surface area contributed by atoms with Crippen LogP contribution in [0.2, 0.25) is 0 Å². The minimum Gasteiger partial charge on any atom is -0.399 e. The van der Waals surface area contributed by atoms with Crippen LogP contribution in [0, 0.1) is 0 Å². The topological polar surface area (TPSA) is 64.5 Å². The highest BCUT2D eigenvalue weighted by atomic mass is 35.5. The molecule has 2 saturated heterocycles. The number of rotatable bonds is 7. The van der Waals surface area contributed by atoms with Crippen LogP contribution >= 0.6 is 23.4 Å². The van der Waals surface area contributed by atoms with Gasteiger partial charge < -0.3 is 14.2 Å². The molecule has 0 bridgehead atoms. The van der Waals surface area contributed by atoms with Crippen LogP contribution in [-0.4, -0.2) is 63.3 Å². The molecule has 0 radical (unpaired) electrons. The van der Waals surface area contributed by atoms with Gasteiger partial charge in [-0.1, -0.05) is 11.8 Å². The average molecular weight is 440 g/mol. The Balaban J connectivity index is 1.46. The van der Waals surface area contributed by atoms with Crippen molar-refractivity contribution in [2.24, 2.45) is 0 Å². The van der Waals surface area contributed by atoms with E-state index in [2.05, 4.69) is 9.97 Å². The number of carbonyl (C=O) groups is 1. The fourth-order valence-corrected chi connectivity index (χ4v) is 4.59. The van der Waals surface area contributed by atoms with Crippen LogP contribution in [0.5, 0.6) is 0 Å². The Hall–Kier alpha value is -0.825. The summed E-state index contributed by atoms with van der Waals surface area (Å²) in [7, 11) is -0.434. The molecule has 6 nitrogen and oxygen atoms in total. The molecule has 0 aliphatic carbocycles. The first kappa shape index (κ1) is 22.9. The fraction of sp³-hybridized carbons (Fsp3) is 0.750. The predicted molar refractivity (Wildman–Crippen MR) is 118 cm³/mol. The van der Waals surface area contributed by atoms with Crippen LogP contribution in [-0.2, 0) is 14.1 Å². The summed E-state index contributed by atoms with van der Waals surface area (Å²) in [4.78, 5) is 22.9. The quantitative estimate of drug-likeness (QED) is 0.214. The van der Waals surface area contributed by atoms with E-state index < -0.39 is 7.12 Å². The van der Waals surface area contributed by atoms with E-state index in [9.17, 15) is 4.79 Å². The van der Waals surface area contributed by atoms with Gasteiger partial charge in [0, 0.05) is 36.2 Å². The Labute approximate surface area is 183 Å². The van der Waals surface area contributed by atoms with Crippen molar-refractivity contribution in [1.82, 2.24) is 14.9 Å². The van der Waals surface area contributed by atoms with Gasteiger partial charge in [-0.3, -0.25) is 4.79 Å². The van der Waals surface area contributed by atoms with E-state index in [1.165, 1.54) is 6.42 Å². The lowest BCUT2D eigenvalue weighted by Crippen LogP contribution is -2.44. The number of nitrogens with zero attached hydrogens (tertiary/aromatic N) is 3. The monoisotopic (exact) mass is 439 g/mol. The third kappa shape index (κ3) is 5.46. The first-order valence-corrected chi connectivity index (χ1v) is 11.9. The smallest absolute Gasteiger partial charge is 0.399 e.